The molecule has 19 heavy (non-hydrogen) atoms. The smallest absolute Gasteiger partial charge is 0.358 e. The Morgan fingerprint density at radius 3 is 0.842 bits per heavy atom. The van der Waals surface area contributed by atoms with Crippen LogP contribution in [0.2, 0.25) is 0 Å². The van der Waals surface area contributed by atoms with Gasteiger partial charge in [0.25, 0.3) is 0 Å². The predicted molar refractivity (Wildman–Crippen MR) is 86.3 cm³/mol. The summed E-state index contributed by atoms with van der Waals surface area (Å²) in [5, 5.41) is 0. The molecule has 0 heterocycles. The van der Waals surface area contributed by atoms with Gasteiger partial charge in [-0.25, -0.2) is 0 Å². The van der Waals surface area contributed by atoms with Crippen molar-refractivity contribution in [2.45, 2.75) is 67.2 Å². The maximum Gasteiger partial charge on any atom is 2.00 e. The molecule has 0 aromatic rings. The molecular formula is C18H38Fe. The fourth-order valence-corrected chi connectivity index (χ4v) is 3.52. The third kappa shape index (κ3) is 6.67. The van der Waals surface area contributed by atoms with Crippen LogP contribution >= 0.6 is 0 Å². The first kappa shape index (κ1) is 24.5. The van der Waals surface area contributed by atoms with Gasteiger partial charge in [0.1, 0.15) is 0 Å². The van der Waals surface area contributed by atoms with Crippen LogP contribution in [0.25, 0.3) is 0 Å². The molecule has 0 aromatic heterocycles. The fraction of sp³-hybridized carbons (Fsp3) is 0.889. The summed E-state index contributed by atoms with van der Waals surface area (Å²) in [4.78, 5) is 0. The molecule has 2 fully saturated rings. The Morgan fingerprint density at radius 2 is 0.737 bits per heavy atom. The minimum absolute atomic E-state index is 0. The number of hydrogen-bond acceptors (Lipinski definition) is 0. The van der Waals surface area contributed by atoms with E-state index in [0.717, 1.165) is 35.5 Å². The summed E-state index contributed by atoms with van der Waals surface area (Å²) in [6, 6.07) is 0. The molecule has 0 N–H and O–H groups in total. The SMILES string of the molecule is CC1C(C)C(C)C(C)C1C.CC1CCCC1.[CH3-].[CH3-].[Fe+2]. The Hall–Kier alpha value is 0.519. The second kappa shape index (κ2) is 11.2. The maximum atomic E-state index is 2.40. The molecule has 0 aromatic carbocycles. The van der Waals surface area contributed by atoms with Gasteiger partial charge in [0.05, 0.1) is 0 Å². The Balaban J connectivity index is -0.000000252. The van der Waals surface area contributed by atoms with Crippen molar-refractivity contribution in [3.05, 3.63) is 14.9 Å². The first-order valence-electron chi connectivity index (χ1n) is 7.45. The minimum Gasteiger partial charge on any atom is -0.358 e. The van der Waals surface area contributed by atoms with E-state index in [-0.39, 0.29) is 31.9 Å². The van der Waals surface area contributed by atoms with E-state index in [4.69, 9.17) is 0 Å². The Labute approximate surface area is 135 Å². The van der Waals surface area contributed by atoms with Gasteiger partial charge in [0.15, 0.2) is 0 Å². The van der Waals surface area contributed by atoms with E-state index in [1.54, 1.807) is 0 Å². The Morgan fingerprint density at radius 1 is 0.526 bits per heavy atom. The molecule has 0 amide bonds. The van der Waals surface area contributed by atoms with Crippen LogP contribution in [0.1, 0.15) is 67.2 Å². The summed E-state index contributed by atoms with van der Waals surface area (Å²) in [5.41, 5.74) is 0. The summed E-state index contributed by atoms with van der Waals surface area (Å²) in [7, 11) is 0. The zero-order valence-corrected chi connectivity index (χ0v) is 15.8. The number of rotatable bonds is 0. The normalized spacial score (nSPS) is 37.3. The van der Waals surface area contributed by atoms with Gasteiger partial charge in [-0.15, -0.1) is 0 Å². The van der Waals surface area contributed by atoms with Crippen LogP contribution in [0, 0.1) is 50.4 Å². The van der Waals surface area contributed by atoms with Crippen molar-refractivity contribution in [1.82, 2.24) is 0 Å². The van der Waals surface area contributed by atoms with E-state index >= 15 is 0 Å². The second-order valence-corrected chi connectivity index (χ2v) is 6.69. The first-order valence-corrected chi connectivity index (χ1v) is 7.45. The average Bonchev–Trinajstić information content (AvgIpc) is 2.80. The van der Waals surface area contributed by atoms with Crippen molar-refractivity contribution in [2.24, 2.45) is 35.5 Å². The number of hydrogen-bond donors (Lipinski definition) is 0. The Kier molecular flexibility index (Phi) is 14.5. The molecule has 0 unspecified atom stereocenters. The van der Waals surface area contributed by atoms with Crippen LogP contribution in [0.4, 0.5) is 0 Å². The van der Waals surface area contributed by atoms with Crippen molar-refractivity contribution in [3.63, 3.8) is 0 Å². The summed E-state index contributed by atoms with van der Waals surface area (Å²) < 4.78 is 0. The fourth-order valence-electron chi connectivity index (χ4n) is 3.52. The van der Waals surface area contributed by atoms with Crippen LogP contribution in [0.5, 0.6) is 0 Å². The van der Waals surface area contributed by atoms with Gasteiger partial charge < -0.3 is 14.9 Å². The molecule has 2 aliphatic rings. The zero-order valence-electron chi connectivity index (χ0n) is 14.6. The van der Waals surface area contributed by atoms with Gasteiger partial charge in [0, 0.05) is 0 Å². The van der Waals surface area contributed by atoms with Crippen molar-refractivity contribution in [3.8, 4) is 0 Å². The summed E-state index contributed by atoms with van der Waals surface area (Å²) in [6.45, 7) is 14.3. The van der Waals surface area contributed by atoms with Crippen molar-refractivity contribution in [2.75, 3.05) is 0 Å². The van der Waals surface area contributed by atoms with E-state index in [2.05, 4.69) is 41.5 Å². The summed E-state index contributed by atoms with van der Waals surface area (Å²) >= 11 is 0. The minimum atomic E-state index is 0. The van der Waals surface area contributed by atoms with E-state index in [0.29, 0.717) is 0 Å². The van der Waals surface area contributed by atoms with E-state index < -0.39 is 0 Å². The molecule has 0 aliphatic heterocycles. The third-order valence-electron chi connectivity index (χ3n) is 5.79. The molecular weight excluding hydrogens is 272 g/mol. The van der Waals surface area contributed by atoms with Gasteiger partial charge in [0.2, 0.25) is 0 Å². The molecule has 0 atom stereocenters. The van der Waals surface area contributed by atoms with Crippen molar-refractivity contribution < 1.29 is 17.1 Å². The van der Waals surface area contributed by atoms with Crippen LogP contribution in [0.3, 0.4) is 0 Å². The molecule has 0 nitrogen and oxygen atoms in total. The topological polar surface area (TPSA) is 0 Å². The van der Waals surface area contributed by atoms with Crippen molar-refractivity contribution >= 4 is 0 Å². The van der Waals surface area contributed by atoms with Gasteiger partial charge in [-0.3, -0.25) is 0 Å². The molecule has 0 radical (unpaired) electrons. The van der Waals surface area contributed by atoms with E-state index in [9.17, 15) is 0 Å². The molecule has 1 heteroatoms. The van der Waals surface area contributed by atoms with Gasteiger partial charge in [-0.1, -0.05) is 67.2 Å². The molecule has 0 bridgehead atoms. The average molecular weight is 310 g/mol. The summed E-state index contributed by atoms with van der Waals surface area (Å²) in [5.74, 6) is 5.72. The first-order chi connectivity index (χ1) is 7.45. The van der Waals surface area contributed by atoms with Gasteiger partial charge in [-0.05, 0) is 35.5 Å². The van der Waals surface area contributed by atoms with Crippen molar-refractivity contribution in [1.29, 1.82) is 0 Å². The quantitative estimate of drug-likeness (QED) is 0.365. The van der Waals surface area contributed by atoms with E-state index in [1.807, 2.05) is 0 Å². The van der Waals surface area contributed by atoms with E-state index in [1.165, 1.54) is 25.7 Å². The largest absolute Gasteiger partial charge is 2.00 e. The van der Waals surface area contributed by atoms with Crippen LogP contribution in [-0.4, -0.2) is 0 Å². The summed E-state index contributed by atoms with van der Waals surface area (Å²) in [6.07, 6.45) is 5.95. The molecule has 2 saturated carbocycles. The predicted octanol–water partition coefficient (Wildman–Crippen LogP) is 6.28. The standard InChI is InChI=1S/C10H20.C6H12.2CH3.Fe/c1-6-7(2)9(4)10(5)8(6)3;1-6-4-2-3-5-6;;;/h6-10H,1-5H3;6H,2-5H2,1H3;2*1H3;/q;;2*-1;+2. The molecule has 118 valence electrons. The molecule has 0 spiro atoms. The second-order valence-electron chi connectivity index (χ2n) is 6.69. The van der Waals surface area contributed by atoms with Crippen LogP contribution in [0.15, 0.2) is 0 Å². The third-order valence-corrected chi connectivity index (χ3v) is 5.79. The molecule has 2 rings (SSSR count). The van der Waals surface area contributed by atoms with Crippen LogP contribution < -0.4 is 0 Å². The van der Waals surface area contributed by atoms with Gasteiger partial charge in [-0.2, -0.15) is 0 Å². The molecule has 0 saturated heterocycles. The molecule has 2 aliphatic carbocycles. The zero-order chi connectivity index (χ0) is 12.3. The maximum absolute atomic E-state index is 2.40. The monoisotopic (exact) mass is 310 g/mol. The van der Waals surface area contributed by atoms with Gasteiger partial charge >= 0.3 is 17.1 Å². The van der Waals surface area contributed by atoms with Crippen LogP contribution in [-0.2, 0) is 17.1 Å². The Bertz CT molecular complexity index is 151.